The Bertz CT molecular complexity index is 419. The molecule has 0 atom stereocenters. The maximum atomic E-state index is 10.8. The average Bonchev–Trinajstić information content (AvgIpc) is 2.30. The van der Waals surface area contributed by atoms with Gasteiger partial charge in [-0.25, -0.2) is 5.43 Å². The van der Waals surface area contributed by atoms with Gasteiger partial charge in [-0.2, -0.15) is 0 Å². The van der Waals surface area contributed by atoms with E-state index < -0.39 is 0 Å². The first kappa shape index (κ1) is 11.3. The SMILES string of the molecule is O=C1COC(CSc2ccc(Cl)cc2)=NN1. The minimum atomic E-state index is -0.222. The summed E-state index contributed by atoms with van der Waals surface area (Å²) in [6, 6.07) is 7.51. The largest absolute Gasteiger partial charge is 0.469 e. The van der Waals surface area contributed by atoms with Gasteiger partial charge in [-0.05, 0) is 24.3 Å². The first-order chi connectivity index (χ1) is 7.74. The molecule has 1 aromatic rings. The molecule has 0 aromatic heterocycles. The van der Waals surface area contributed by atoms with Crippen LogP contribution in [-0.2, 0) is 9.53 Å². The molecule has 1 amide bonds. The van der Waals surface area contributed by atoms with Crippen molar-refractivity contribution in [2.45, 2.75) is 4.90 Å². The molecule has 1 aromatic carbocycles. The van der Waals surface area contributed by atoms with Crippen molar-refractivity contribution in [1.82, 2.24) is 5.43 Å². The van der Waals surface area contributed by atoms with Gasteiger partial charge in [0.2, 0.25) is 5.90 Å². The molecular formula is C10H9ClN2O2S. The molecule has 0 spiro atoms. The van der Waals surface area contributed by atoms with Crippen molar-refractivity contribution in [2.75, 3.05) is 12.4 Å². The number of thioether (sulfide) groups is 1. The van der Waals surface area contributed by atoms with Crippen molar-refractivity contribution >= 4 is 35.2 Å². The summed E-state index contributed by atoms with van der Waals surface area (Å²) < 4.78 is 5.13. The van der Waals surface area contributed by atoms with Crippen LogP contribution in [0.25, 0.3) is 0 Å². The van der Waals surface area contributed by atoms with Crippen LogP contribution >= 0.6 is 23.4 Å². The molecule has 0 radical (unpaired) electrons. The van der Waals surface area contributed by atoms with Gasteiger partial charge in [0.25, 0.3) is 5.91 Å². The number of carbonyl (C=O) groups excluding carboxylic acids is 1. The Morgan fingerprint density at radius 3 is 2.81 bits per heavy atom. The Morgan fingerprint density at radius 2 is 2.19 bits per heavy atom. The molecule has 84 valence electrons. The molecule has 1 N–H and O–H groups in total. The van der Waals surface area contributed by atoms with E-state index in [1.54, 1.807) is 11.8 Å². The zero-order valence-corrected chi connectivity index (χ0v) is 9.85. The predicted octanol–water partition coefficient (Wildman–Crippen LogP) is 1.89. The topological polar surface area (TPSA) is 50.7 Å². The summed E-state index contributed by atoms with van der Waals surface area (Å²) in [7, 11) is 0. The number of amides is 1. The Hall–Kier alpha value is -1.20. The Balaban J connectivity index is 1.88. The number of hydrogen-bond acceptors (Lipinski definition) is 4. The van der Waals surface area contributed by atoms with Crippen LogP contribution < -0.4 is 5.43 Å². The second kappa shape index (κ2) is 5.23. The Kier molecular flexibility index (Phi) is 3.69. The van der Waals surface area contributed by atoms with Gasteiger partial charge in [-0.3, -0.25) is 4.79 Å². The molecule has 1 aliphatic rings. The van der Waals surface area contributed by atoms with Crippen LogP contribution in [-0.4, -0.2) is 24.2 Å². The average molecular weight is 257 g/mol. The third-order valence-corrected chi connectivity index (χ3v) is 3.10. The summed E-state index contributed by atoms with van der Waals surface area (Å²) in [4.78, 5) is 11.8. The van der Waals surface area contributed by atoms with Crippen LogP contribution in [0.1, 0.15) is 0 Å². The van der Waals surface area contributed by atoms with E-state index in [-0.39, 0.29) is 12.5 Å². The summed E-state index contributed by atoms with van der Waals surface area (Å²) >= 11 is 7.34. The van der Waals surface area contributed by atoms with Crippen molar-refractivity contribution in [1.29, 1.82) is 0 Å². The summed E-state index contributed by atoms with van der Waals surface area (Å²) in [6.07, 6.45) is 0. The number of rotatable bonds is 3. The van der Waals surface area contributed by atoms with Crippen LogP contribution in [0.3, 0.4) is 0 Å². The third kappa shape index (κ3) is 3.15. The molecular weight excluding hydrogens is 248 g/mol. The highest BCUT2D eigenvalue weighted by atomic mass is 35.5. The third-order valence-electron chi connectivity index (χ3n) is 1.85. The van der Waals surface area contributed by atoms with Crippen molar-refractivity contribution < 1.29 is 9.53 Å². The predicted molar refractivity (Wildman–Crippen MR) is 63.7 cm³/mol. The maximum Gasteiger partial charge on any atom is 0.278 e. The maximum absolute atomic E-state index is 10.8. The smallest absolute Gasteiger partial charge is 0.278 e. The first-order valence-electron chi connectivity index (χ1n) is 4.60. The van der Waals surface area contributed by atoms with Gasteiger partial charge < -0.3 is 4.74 Å². The van der Waals surface area contributed by atoms with Crippen LogP contribution in [0.2, 0.25) is 5.02 Å². The summed E-state index contributed by atoms with van der Waals surface area (Å²) in [5.41, 5.74) is 2.37. The molecule has 6 heteroatoms. The monoisotopic (exact) mass is 256 g/mol. The molecule has 0 aliphatic carbocycles. The van der Waals surface area contributed by atoms with E-state index in [0.717, 1.165) is 4.90 Å². The molecule has 2 rings (SSSR count). The molecule has 0 bridgehead atoms. The summed E-state index contributed by atoms with van der Waals surface area (Å²) in [5.74, 6) is 0.891. The minimum Gasteiger partial charge on any atom is -0.469 e. The molecule has 4 nitrogen and oxygen atoms in total. The van der Waals surface area contributed by atoms with Crippen molar-refractivity contribution in [2.24, 2.45) is 5.10 Å². The number of hydrogen-bond donors (Lipinski definition) is 1. The number of ether oxygens (including phenoxy) is 1. The van der Waals surface area contributed by atoms with E-state index in [9.17, 15) is 4.79 Å². The quantitative estimate of drug-likeness (QED) is 0.841. The molecule has 1 heterocycles. The standard InChI is InChI=1S/C10H9ClN2O2S/c11-7-1-3-8(4-2-7)16-6-10-13-12-9(14)5-15-10/h1-4H,5-6H2,(H,12,14). The van der Waals surface area contributed by atoms with Crippen LogP contribution in [0, 0.1) is 0 Å². The van der Waals surface area contributed by atoms with E-state index in [2.05, 4.69) is 10.5 Å². The van der Waals surface area contributed by atoms with Crippen LogP contribution in [0.5, 0.6) is 0 Å². The van der Waals surface area contributed by atoms with Gasteiger partial charge >= 0.3 is 0 Å². The number of hydrazone groups is 1. The lowest BCUT2D eigenvalue weighted by Crippen LogP contribution is -2.32. The number of nitrogens with one attached hydrogen (secondary N) is 1. The van der Waals surface area contributed by atoms with Crippen molar-refractivity contribution in [3.63, 3.8) is 0 Å². The van der Waals surface area contributed by atoms with Gasteiger partial charge in [0.1, 0.15) is 0 Å². The lowest BCUT2D eigenvalue weighted by Gasteiger charge is -2.12. The first-order valence-corrected chi connectivity index (χ1v) is 5.97. The molecule has 0 saturated heterocycles. The van der Waals surface area contributed by atoms with Gasteiger partial charge in [-0.15, -0.1) is 16.9 Å². The number of carbonyl (C=O) groups is 1. The highest BCUT2D eigenvalue weighted by Gasteiger charge is 2.12. The minimum absolute atomic E-state index is 0.0417. The van der Waals surface area contributed by atoms with Gasteiger partial charge in [0, 0.05) is 9.92 Å². The van der Waals surface area contributed by atoms with Gasteiger partial charge in [0.05, 0.1) is 5.75 Å². The van der Waals surface area contributed by atoms with Crippen molar-refractivity contribution in [3.05, 3.63) is 29.3 Å². The second-order valence-corrected chi connectivity index (χ2v) is 4.56. The fourth-order valence-corrected chi connectivity index (χ4v) is 1.98. The second-order valence-electron chi connectivity index (χ2n) is 3.07. The summed E-state index contributed by atoms with van der Waals surface area (Å²) in [5, 5.41) is 4.50. The Morgan fingerprint density at radius 1 is 1.44 bits per heavy atom. The highest BCUT2D eigenvalue weighted by molar-refractivity contribution is 8.00. The molecule has 16 heavy (non-hydrogen) atoms. The molecule has 1 aliphatic heterocycles. The fraction of sp³-hybridized carbons (Fsp3) is 0.200. The van der Waals surface area contributed by atoms with Gasteiger partial charge in [-0.1, -0.05) is 11.6 Å². The van der Waals surface area contributed by atoms with Crippen molar-refractivity contribution in [3.8, 4) is 0 Å². The van der Waals surface area contributed by atoms with E-state index in [4.69, 9.17) is 16.3 Å². The fourth-order valence-electron chi connectivity index (χ4n) is 1.09. The number of nitrogens with zero attached hydrogens (tertiary/aromatic N) is 1. The zero-order valence-electron chi connectivity index (χ0n) is 8.27. The lowest BCUT2D eigenvalue weighted by molar-refractivity contribution is -0.124. The molecule has 0 unspecified atom stereocenters. The highest BCUT2D eigenvalue weighted by Crippen LogP contribution is 2.20. The van der Waals surface area contributed by atoms with E-state index in [0.29, 0.717) is 16.7 Å². The van der Waals surface area contributed by atoms with Crippen LogP contribution in [0.15, 0.2) is 34.3 Å². The number of halogens is 1. The zero-order chi connectivity index (χ0) is 11.4. The molecule has 0 fully saturated rings. The normalized spacial score (nSPS) is 15.1. The lowest BCUT2D eigenvalue weighted by atomic mass is 10.4. The van der Waals surface area contributed by atoms with E-state index in [1.807, 2.05) is 24.3 Å². The number of benzene rings is 1. The van der Waals surface area contributed by atoms with E-state index in [1.165, 1.54) is 0 Å². The van der Waals surface area contributed by atoms with E-state index >= 15 is 0 Å². The molecule has 0 saturated carbocycles. The summed E-state index contributed by atoms with van der Waals surface area (Å²) in [6.45, 7) is 0.0417. The van der Waals surface area contributed by atoms with Gasteiger partial charge in [0.15, 0.2) is 6.61 Å². The van der Waals surface area contributed by atoms with Crippen LogP contribution in [0.4, 0.5) is 0 Å². The Labute approximate surface area is 102 Å².